The average Bonchev–Trinajstić information content (AvgIpc) is 2.42. The van der Waals surface area contributed by atoms with E-state index in [0.717, 1.165) is 13.0 Å². The van der Waals surface area contributed by atoms with Crippen LogP contribution in [0.5, 0.6) is 0 Å². The molecule has 0 aliphatic carbocycles. The van der Waals surface area contributed by atoms with Crippen LogP contribution in [0.4, 0.5) is 11.8 Å². The Morgan fingerprint density at radius 3 is 2.79 bits per heavy atom. The predicted octanol–water partition coefficient (Wildman–Crippen LogP) is 1.91. The monoisotopic (exact) mass is 266 g/mol. The van der Waals surface area contributed by atoms with Crippen LogP contribution < -0.4 is 10.6 Å². The zero-order chi connectivity index (χ0) is 14.3. The fraction of sp³-hybridized carbons (Fsp3) is 0.615. The number of ether oxygens (including phenoxy) is 1. The molecule has 1 rings (SSSR count). The number of anilines is 2. The van der Waals surface area contributed by atoms with E-state index >= 15 is 0 Å². The van der Waals surface area contributed by atoms with Gasteiger partial charge in [0.2, 0.25) is 5.95 Å². The van der Waals surface area contributed by atoms with Gasteiger partial charge in [-0.1, -0.05) is 20.8 Å². The molecule has 1 aromatic heterocycles. The maximum Gasteiger partial charge on any atom is 0.328 e. The van der Waals surface area contributed by atoms with E-state index in [1.54, 1.807) is 12.3 Å². The van der Waals surface area contributed by atoms with Crippen molar-refractivity contribution in [2.75, 3.05) is 24.3 Å². The molecule has 1 aromatic rings. The molecule has 1 atom stereocenters. The molecule has 6 heteroatoms. The van der Waals surface area contributed by atoms with Crippen LogP contribution >= 0.6 is 0 Å². The minimum Gasteiger partial charge on any atom is -0.467 e. The van der Waals surface area contributed by atoms with Gasteiger partial charge < -0.3 is 15.4 Å². The molecule has 0 aliphatic heterocycles. The third-order valence-electron chi connectivity index (χ3n) is 2.61. The van der Waals surface area contributed by atoms with Crippen molar-refractivity contribution < 1.29 is 9.53 Å². The van der Waals surface area contributed by atoms with E-state index in [9.17, 15) is 4.79 Å². The summed E-state index contributed by atoms with van der Waals surface area (Å²) in [6, 6.07) is 1.31. The van der Waals surface area contributed by atoms with Crippen molar-refractivity contribution in [3.63, 3.8) is 0 Å². The topological polar surface area (TPSA) is 76.1 Å². The zero-order valence-corrected chi connectivity index (χ0v) is 11.9. The molecule has 0 amide bonds. The lowest BCUT2D eigenvalue weighted by molar-refractivity contribution is -0.142. The number of nitrogens with zero attached hydrogens (tertiary/aromatic N) is 2. The highest BCUT2D eigenvalue weighted by Gasteiger charge is 2.23. The van der Waals surface area contributed by atoms with Gasteiger partial charge in [-0.25, -0.2) is 9.78 Å². The van der Waals surface area contributed by atoms with Crippen LogP contribution in [-0.2, 0) is 9.53 Å². The Hall–Kier alpha value is -1.85. The molecule has 106 valence electrons. The first-order chi connectivity index (χ1) is 9.08. The lowest BCUT2D eigenvalue weighted by Crippen LogP contribution is -2.35. The molecule has 1 heterocycles. The molecular weight excluding hydrogens is 244 g/mol. The summed E-state index contributed by atoms with van der Waals surface area (Å²) >= 11 is 0. The van der Waals surface area contributed by atoms with E-state index in [0.29, 0.717) is 11.8 Å². The quantitative estimate of drug-likeness (QED) is 0.734. The largest absolute Gasteiger partial charge is 0.467 e. The Morgan fingerprint density at radius 1 is 1.47 bits per heavy atom. The van der Waals surface area contributed by atoms with E-state index in [1.807, 2.05) is 13.8 Å². The van der Waals surface area contributed by atoms with Gasteiger partial charge in [-0.05, 0) is 18.4 Å². The highest BCUT2D eigenvalue weighted by molar-refractivity contribution is 5.79. The molecule has 0 saturated carbocycles. The first-order valence-corrected chi connectivity index (χ1v) is 6.49. The second kappa shape index (κ2) is 7.56. The summed E-state index contributed by atoms with van der Waals surface area (Å²) < 4.78 is 4.78. The molecule has 6 nitrogen and oxygen atoms in total. The molecule has 0 saturated heterocycles. The number of carbonyl (C=O) groups is 1. The Balaban J connectivity index is 2.76. The lowest BCUT2D eigenvalue weighted by Gasteiger charge is -2.20. The standard InChI is InChI=1S/C13H22N4O2/c1-5-7-14-13-15-8-6-10(17-13)16-11(9(2)3)12(18)19-4/h6,8-9,11H,5,7H2,1-4H3,(H2,14,15,16,17). The van der Waals surface area contributed by atoms with Crippen LogP contribution in [0, 0.1) is 5.92 Å². The van der Waals surface area contributed by atoms with Crippen molar-refractivity contribution in [1.82, 2.24) is 9.97 Å². The van der Waals surface area contributed by atoms with Gasteiger partial charge in [0.15, 0.2) is 0 Å². The third kappa shape index (κ3) is 4.73. The Labute approximate surface area is 114 Å². The summed E-state index contributed by atoms with van der Waals surface area (Å²) in [5.74, 6) is 0.975. The van der Waals surface area contributed by atoms with Gasteiger partial charge in [-0.15, -0.1) is 0 Å². The first kappa shape index (κ1) is 15.2. The van der Waals surface area contributed by atoms with Gasteiger partial charge in [-0.2, -0.15) is 4.98 Å². The average molecular weight is 266 g/mol. The zero-order valence-electron chi connectivity index (χ0n) is 11.9. The molecule has 0 aromatic carbocycles. The van der Waals surface area contributed by atoms with Gasteiger partial charge in [0, 0.05) is 12.7 Å². The van der Waals surface area contributed by atoms with E-state index < -0.39 is 6.04 Å². The fourth-order valence-corrected chi connectivity index (χ4v) is 1.55. The summed E-state index contributed by atoms with van der Waals surface area (Å²) in [6.45, 7) is 6.78. The van der Waals surface area contributed by atoms with Gasteiger partial charge in [-0.3, -0.25) is 0 Å². The number of hydrogen-bond donors (Lipinski definition) is 2. The summed E-state index contributed by atoms with van der Waals surface area (Å²) in [5, 5.41) is 6.18. The van der Waals surface area contributed by atoms with Crippen LogP contribution in [0.15, 0.2) is 12.3 Å². The molecule has 0 fully saturated rings. The van der Waals surface area contributed by atoms with Crippen molar-refractivity contribution in [3.8, 4) is 0 Å². The summed E-state index contributed by atoms with van der Waals surface area (Å²) in [7, 11) is 1.38. The molecule has 0 bridgehead atoms. The molecule has 19 heavy (non-hydrogen) atoms. The summed E-state index contributed by atoms with van der Waals surface area (Å²) in [4.78, 5) is 20.1. The second-order valence-corrected chi connectivity index (χ2v) is 4.58. The fourth-order valence-electron chi connectivity index (χ4n) is 1.55. The van der Waals surface area contributed by atoms with Crippen molar-refractivity contribution in [2.24, 2.45) is 5.92 Å². The van der Waals surface area contributed by atoms with Gasteiger partial charge >= 0.3 is 5.97 Å². The summed E-state index contributed by atoms with van der Waals surface area (Å²) in [5.41, 5.74) is 0. The predicted molar refractivity (Wildman–Crippen MR) is 75.1 cm³/mol. The van der Waals surface area contributed by atoms with Gasteiger partial charge in [0.1, 0.15) is 11.9 Å². The van der Waals surface area contributed by atoms with Crippen LogP contribution in [0.2, 0.25) is 0 Å². The molecule has 1 unspecified atom stereocenters. The Kier molecular flexibility index (Phi) is 6.05. The number of aromatic nitrogens is 2. The highest BCUT2D eigenvalue weighted by Crippen LogP contribution is 2.12. The van der Waals surface area contributed by atoms with E-state index in [-0.39, 0.29) is 11.9 Å². The Morgan fingerprint density at radius 2 is 2.21 bits per heavy atom. The second-order valence-electron chi connectivity index (χ2n) is 4.58. The van der Waals surface area contributed by atoms with Crippen molar-refractivity contribution in [1.29, 1.82) is 0 Å². The molecule has 0 aliphatic rings. The van der Waals surface area contributed by atoms with Gasteiger partial charge in [0.25, 0.3) is 0 Å². The first-order valence-electron chi connectivity index (χ1n) is 6.49. The van der Waals surface area contributed by atoms with E-state index in [4.69, 9.17) is 4.74 Å². The maximum absolute atomic E-state index is 11.7. The SMILES string of the molecule is CCCNc1nccc(NC(C(=O)OC)C(C)C)n1. The van der Waals surface area contributed by atoms with Crippen molar-refractivity contribution >= 4 is 17.7 Å². The number of nitrogens with one attached hydrogen (secondary N) is 2. The molecule has 0 spiro atoms. The minimum atomic E-state index is -0.418. The van der Waals surface area contributed by atoms with Crippen molar-refractivity contribution in [2.45, 2.75) is 33.2 Å². The number of esters is 1. The highest BCUT2D eigenvalue weighted by atomic mass is 16.5. The Bertz CT molecular complexity index is 409. The normalized spacial score (nSPS) is 12.1. The van der Waals surface area contributed by atoms with Crippen LogP contribution in [0.25, 0.3) is 0 Å². The maximum atomic E-state index is 11.7. The van der Waals surface area contributed by atoms with Crippen LogP contribution in [0.3, 0.4) is 0 Å². The number of rotatable bonds is 7. The van der Waals surface area contributed by atoms with Crippen LogP contribution in [-0.4, -0.2) is 35.6 Å². The minimum absolute atomic E-state index is 0.106. The van der Waals surface area contributed by atoms with E-state index in [2.05, 4.69) is 27.5 Å². The van der Waals surface area contributed by atoms with Gasteiger partial charge in [0.05, 0.1) is 7.11 Å². The molecule has 0 radical (unpaired) electrons. The number of carbonyl (C=O) groups excluding carboxylic acids is 1. The van der Waals surface area contributed by atoms with Crippen LogP contribution in [0.1, 0.15) is 27.2 Å². The summed E-state index contributed by atoms with van der Waals surface area (Å²) in [6.07, 6.45) is 2.65. The smallest absolute Gasteiger partial charge is 0.328 e. The number of hydrogen-bond acceptors (Lipinski definition) is 6. The number of methoxy groups -OCH3 is 1. The molecular formula is C13H22N4O2. The molecule has 2 N–H and O–H groups in total. The third-order valence-corrected chi connectivity index (χ3v) is 2.61. The van der Waals surface area contributed by atoms with Crippen molar-refractivity contribution in [3.05, 3.63) is 12.3 Å². The lowest BCUT2D eigenvalue weighted by atomic mass is 10.0. The van der Waals surface area contributed by atoms with E-state index in [1.165, 1.54) is 7.11 Å².